The minimum atomic E-state index is -0.144. The van der Waals surface area contributed by atoms with Crippen molar-refractivity contribution in [3.8, 4) is 45.6 Å². The van der Waals surface area contributed by atoms with E-state index in [-0.39, 0.29) is 35.7 Å². The standard InChI is InChI=1S/C52H42N12.Zn/c1-50(2,3)25-14-17-28-33(22-25)45-57-42(28)58-46-34-23-26(51(4,5)6)16-19-30(34)44(61-46)62-48-40-41(56-39-32-13-11-21-54-37(32)36-31(38(39)55-40)12-10-20-53-36)49(64-48)63-47-35-24-27(52(7,8)9)15-18-29(35)43(59-45)60-47;/h10-24H,1-9H3;/q-2;+2. The predicted octanol–water partition coefficient (Wildman–Crippen LogP) is 11.1. The second-order valence-corrected chi connectivity index (χ2v) is 19.9. The fourth-order valence-electron chi connectivity index (χ4n) is 8.80. The van der Waals surface area contributed by atoms with Gasteiger partial charge in [-0.25, -0.2) is 19.9 Å². The number of nitrogens with zero attached hydrogens (tertiary/aromatic N) is 12. The Kier molecular flexibility index (Phi) is 8.79. The molecule has 10 aromatic rings. The molecule has 0 radical (unpaired) electrons. The van der Waals surface area contributed by atoms with Crippen LogP contribution in [-0.4, -0.2) is 49.8 Å². The predicted molar refractivity (Wildman–Crippen MR) is 254 cm³/mol. The molecule has 12 rings (SSSR count). The number of hydrogen-bond acceptors (Lipinski definition) is 10. The maximum Gasteiger partial charge on any atom is 2.00 e. The third kappa shape index (κ3) is 6.42. The first-order valence-corrected chi connectivity index (χ1v) is 21.6. The van der Waals surface area contributed by atoms with Gasteiger partial charge in [-0.2, -0.15) is 0 Å². The normalized spacial score (nSPS) is 12.9. The second-order valence-electron chi connectivity index (χ2n) is 19.9. The van der Waals surface area contributed by atoms with E-state index < -0.39 is 0 Å². The molecule has 0 atom stereocenters. The Hall–Kier alpha value is -6.98. The Labute approximate surface area is 386 Å². The fraction of sp³-hybridized carbons (Fsp3) is 0.231. The summed E-state index contributed by atoms with van der Waals surface area (Å²) in [5, 5.41) is 3.39. The Morgan fingerprint density at radius 3 is 1.22 bits per heavy atom. The van der Waals surface area contributed by atoms with Gasteiger partial charge in [0.1, 0.15) is 11.0 Å². The van der Waals surface area contributed by atoms with Gasteiger partial charge in [-0.15, -0.1) is 0 Å². The van der Waals surface area contributed by atoms with Crippen LogP contribution in [0.25, 0.3) is 123 Å². The van der Waals surface area contributed by atoms with Crippen LogP contribution in [-0.2, 0) is 35.7 Å². The molecule has 2 aliphatic rings. The van der Waals surface area contributed by atoms with E-state index in [1.165, 1.54) is 0 Å². The van der Waals surface area contributed by atoms with Crippen molar-refractivity contribution >= 4 is 77.2 Å². The fourth-order valence-corrected chi connectivity index (χ4v) is 8.80. The zero-order chi connectivity index (χ0) is 44.0. The van der Waals surface area contributed by atoms with Gasteiger partial charge in [0.05, 0.1) is 45.4 Å². The van der Waals surface area contributed by atoms with Gasteiger partial charge in [-0.3, -0.25) is 9.97 Å². The summed E-state index contributed by atoms with van der Waals surface area (Å²) in [6.07, 6.45) is 3.54. The van der Waals surface area contributed by atoms with E-state index in [1.807, 2.05) is 24.3 Å². The summed E-state index contributed by atoms with van der Waals surface area (Å²) < 4.78 is 0. The van der Waals surface area contributed by atoms with Gasteiger partial charge < -0.3 is 29.9 Å². The van der Waals surface area contributed by atoms with Gasteiger partial charge in [0.2, 0.25) is 0 Å². The maximum atomic E-state index is 5.35. The van der Waals surface area contributed by atoms with Gasteiger partial charge >= 0.3 is 19.5 Å². The molecule has 4 aromatic carbocycles. The zero-order valence-corrected chi connectivity index (χ0v) is 40.7. The summed E-state index contributed by atoms with van der Waals surface area (Å²) in [5.41, 5.74) is 11.8. The Bertz CT molecular complexity index is 3870. The molecule has 8 heterocycles. The third-order valence-corrected chi connectivity index (χ3v) is 12.5. The molecule has 0 saturated carbocycles. The molecule has 0 aliphatic carbocycles. The quantitative estimate of drug-likeness (QED) is 0.105. The first-order chi connectivity index (χ1) is 30.6. The van der Waals surface area contributed by atoms with E-state index in [4.69, 9.17) is 59.8 Å². The number of benzene rings is 4. The Balaban J connectivity index is 0.00000469. The summed E-state index contributed by atoms with van der Waals surface area (Å²) in [5.74, 6) is 1.91. The van der Waals surface area contributed by atoms with Crippen LogP contribution in [0.15, 0.2) is 91.3 Å². The van der Waals surface area contributed by atoms with E-state index in [0.717, 1.165) is 71.5 Å². The van der Waals surface area contributed by atoms with Crippen molar-refractivity contribution in [3.63, 3.8) is 0 Å². The van der Waals surface area contributed by atoms with Crippen molar-refractivity contribution in [1.29, 1.82) is 0 Å². The number of pyridine rings is 2. The molecule has 8 bridgehead atoms. The van der Waals surface area contributed by atoms with Crippen molar-refractivity contribution in [2.75, 3.05) is 0 Å². The number of hydrogen-bond donors (Lipinski definition) is 0. The Morgan fingerprint density at radius 2 is 0.738 bits per heavy atom. The number of rotatable bonds is 0. The van der Waals surface area contributed by atoms with Gasteiger partial charge in [0, 0.05) is 68.0 Å². The number of aromatic nitrogens is 12. The van der Waals surface area contributed by atoms with Crippen molar-refractivity contribution in [2.45, 2.75) is 78.6 Å². The van der Waals surface area contributed by atoms with E-state index in [2.05, 4.69) is 117 Å². The van der Waals surface area contributed by atoms with E-state index >= 15 is 0 Å². The van der Waals surface area contributed by atoms with E-state index in [9.17, 15) is 0 Å². The van der Waals surface area contributed by atoms with Crippen LogP contribution >= 0.6 is 0 Å². The molecular formula is C52H42N12Zn. The van der Waals surface area contributed by atoms with Crippen molar-refractivity contribution in [3.05, 3.63) is 108 Å². The molecule has 13 heteroatoms. The molecular weight excluding hydrogens is 858 g/mol. The van der Waals surface area contributed by atoms with Gasteiger partial charge in [0.15, 0.2) is 0 Å². The average molecular weight is 900 g/mol. The maximum absolute atomic E-state index is 5.35. The van der Waals surface area contributed by atoms with Crippen LogP contribution in [0.2, 0.25) is 0 Å². The molecule has 12 nitrogen and oxygen atoms in total. The largest absolute Gasteiger partial charge is 2.00 e. The van der Waals surface area contributed by atoms with E-state index in [0.29, 0.717) is 68.0 Å². The first-order valence-electron chi connectivity index (χ1n) is 21.6. The number of fused-ring (bicyclic) bond motifs is 26. The average Bonchev–Trinajstić information content (AvgIpc) is 3.99. The SMILES string of the molecule is CC(C)(C)c1ccc2c(c1)-c1nc-2nc2[n-]c(nc3nc(nc4[n-]c(n1)c1ccc(C(C)(C)C)cc41)-c1ccc(C(C)(C)C)cc1-3)c1nc3c4cccnc4c4ncccc4c3nc21.[Zn+2]. The van der Waals surface area contributed by atoms with Crippen molar-refractivity contribution in [2.24, 2.45) is 0 Å². The minimum absolute atomic E-state index is 0. The van der Waals surface area contributed by atoms with Crippen LogP contribution in [0.4, 0.5) is 0 Å². The van der Waals surface area contributed by atoms with Crippen LogP contribution in [0.3, 0.4) is 0 Å². The molecule has 0 saturated heterocycles. The summed E-state index contributed by atoms with van der Waals surface area (Å²) in [7, 11) is 0. The molecule has 0 unspecified atom stereocenters. The van der Waals surface area contributed by atoms with E-state index in [1.54, 1.807) is 12.4 Å². The molecule has 0 fully saturated rings. The summed E-state index contributed by atoms with van der Waals surface area (Å²) in [6.45, 7) is 19.8. The summed E-state index contributed by atoms with van der Waals surface area (Å²) in [6, 6.07) is 27.0. The van der Waals surface area contributed by atoms with Gasteiger partial charge in [0.25, 0.3) is 0 Å². The van der Waals surface area contributed by atoms with Gasteiger partial charge in [-0.1, -0.05) is 98.7 Å². The Morgan fingerprint density at radius 1 is 0.338 bits per heavy atom. The molecule has 0 amide bonds. The third-order valence-electron chi connectivity index (χ3n) is 12.5. The second kappa shape index (κ2) is 14.0. The van der Waals surface area contributed by atoms with Crippen molar-refractivity contribution < 1.29 is 19.5 Å². The molecule has 2 aliphatic heterocycles. The van der Waals surface area contributed by atoms with Crippen LogP contribution < -0.4 is 9.97 Å². The monoisotopic (exact) mass is 898 g/mol. The van der Waals surface area contributed by atoms with Crippen LogP contribution in [0, 0.1) is 0 Å². The van der Waals surface area contributed by atoms with Crippen LogP contribution in [0.5, 0.6) is 0 Å². The topological polar surface area (TPSA) is 157 Å². The van der Waals surface area contributed by atoms with Crippen LogP contribution in [0.1, 0.15) is 79.0 Å². The molecule has 0 N–H and O–H groups in total. The van der Waals surface area contributed by atoms with Gasteiger partial charge in [-0.05, 0) is 86.2 Å². The molecule has 0 spiro atoms. The molecule has 65 heavy (non-hydrogen) atoms. The summed E-state index contributed by atoms with van der Waals surface area (Å²) >= 11 is 0. The minimum Gasteiger partial charge on any atom is -0.357 e. The summed E-state index contributed by atoms with van der Waals surface area (Å²) in [4.78, 5) is 61.9. The first kappa shape index (κ1) is 40.8. The smallest absolute Gasteiger partial charge is 0.357 e. The molecule has 312 valence electrons. The zero-order valence-electron chi connectivity index (χ0n) is 37.7. The van der Waals surface area contributed by atoms with Crippen molar-refractivity contribution in [1.82, 2.24) is 59.8 Å². The molecule has 6 aromatic heterocycles.